The summed E-state index contributed by atoms with van der Waals surface area (Å²) in [7, 11) is 0. The van der Waals surface area contributed by atoms with Gasteiger partial charge in [0.1, 0.15) is 11.3 Å². The van der Waals surface area contributed by atoms with Gasteiger partial charge in [-0.05, 0) is 29.5 Å². The van der Waals surface area contributed by atoms with Crippen molar-refractivity contribution in [3.05, 3.63) is 59.3 Å². The molecule has 2 heterocycles. The third-order valence-electron chi connectivity index (χ3n) is 4.49. The number of carbonyl (C=O) groups excluding carboxylic acids is 1. The number of nitrogens with zero attached hydrogens (tertiary/aromatic N) is 2. The first-order chi connectivity index (χ1) is 13.4. The average Bonchev–Trinajstić information content (AvgIpc) is 2.92. The molecule has 0 spiro atoms. The molecule has 3 aromatic rings. The van der Waals surface area contributed by atoms with Crippen LogP contribution in [0.4, 0.5) is 19.0 Å². The van der Waals surface area contributed by atoms with E-state index in [-0.39, 0.29) is 29.1 Å². The summed E-state index contributed by atoms with van der Waals surface area (Å²) < 4.78 is 42.5. The molecule has 0 bridgehead atoms. The number of nitrogens with one attached hydrogen (secondary N) is 1. The molecule has 154 valence electrons. The number of alkyl halides is 3. The Morgan fingerprint density at radius 1 is 1.14 bits per heavy atom. The van der Waals surface area contributed by atoms with Crippen LogP contribution in [0.2, 0.25) is 0 Å². The maximum atomic E-state index is 13.6. The normalized spacial score (nSPS) is 12.4. The molecule has 0 aliphatic carbocycles. The van der Waals surface area contributed by atoms with Gasteiger partial charge in [0.2, 0.25) is 5.91 Å². The molecule has 0 atom stereocenters. The Morgan fingerprint density at radius 2 is 1.79 bits per heavy atom. The highest BCUT2D eigenvalue weighted by Crippen LogP contribution is 2.37. The minimum Gasteiger partial charge on any atom is -0.341 e. The van der Waals surface area contributed by atoms with Gasteiger partial charge in [0.25, 0.3) is 0 Å². The highest BCUT2D eigenvalue weighted by Gasteiger charge is 2.36. The van der Waals surface area contributed by atoms with E-state index in [1.807, 2.05) is 51.1 Å². The van der Waals surface area contributed by atoms with Gasteiger partial charge in [-0.1, -0.05) is 51.1 Å². The van der Waals surface area contributed by atoms with Crippen molar-refractivity contribution in [1.29, 1.82) is 0 Å². The van der Waals surface area contributed by atoms with Crippen LogP contribution in [0.3, 0.4) is 0 Å². The first-order valence-corrected chi connectivity index (χ1v) is 9.35. The van der Waals surface area contributed by atoms with Gasteiger partial charge in [0, 0.05) is 19.2 Å². The standard InChI is InChI=1S/C22H24F3N3O/c1-14-10-17-19(27-20(14)26-18(29)11-21(2,3)4)16(22(23,24)25)13-28(17)12-15-8-6-5-7-9-15/h5-10,13H,11-12H2,1-4H3,(H,26,27,29). The van der Waals surface area contributed by atoms with E-state index in [4.69, 9.17) is 0 Å². The Kier molecular flexibility index (Phi) is 5.43. The van der Waals surface area contributed by atoms with Crippen LogP contribution in [0.1, 0.15) is 43.9 Å². The summed E-state index contributed by atoms with van der Waals surface area (Å²) in [5.74, 6) is -0.112. The summed E-state index contributed by atoms with van der Waals surface area (Å²) in [4.78, 5) is 16.5. The van der Waals surface area contributed by atoms with E-state index < -0.39 is 11.7 Å². The molecule has 0 saturated carbocycles. The predicted octanol–water partition coefficient (Wildman–Crippen LogP) is 5.79. The van der Waals surface area contributed by atoms with Crippen molar-refractivity contribution < 1.29 is 18.0 Å². The third-order valence-corrected chi connectivity index (χ3v) is 4.49. The van der Waals surface area contributed by atoms with Crippen LogP contribution in [0.5, 0.6) is 0 Å². The Morgan fingerprint density at radius 3 is 2.38 bits per heavy atom. The average molecular weight is 403 g/mol. The Hall–Kier alpha value is -2.83. The van der Waals surface area contributed by atoms with E-state index in [0.717, 1.165) is 11.8 Å². The van der Waals surface area contributed by atoms with Gasteiger partial charge in [-0.15, -0.1) is 0 Å². The topological polar surface area (TPSA) is 46.9 Å². The van der Waals surface area contributed by atoms with Crippen LogP contribution in [0.25, 0.3) is 11.0 Å². The lowest BCUT2D eigenvalue weighted by atomic mass is 9.92. The molecule has 1 amide bonds. The molecule has 4 nitrogen and oxygen atoms in total. The van der Waals surface area contributed by atoms with Gasteiger partial charge >= 0.3 is 6.18 Å². The molecule has 0 aliphatic rings. The molecular weight excluding hydrogens is 379 g/mol. The number of fused-ring (bicyclic) bond motifs is 1. The van der Waals surface area contributed by atoms with Crippen molar-refractivity contribution in [2.24, 2.45) is 5.41 Å². The van der Waals surface area contributed by atoms with Gasteiger partial charge in [-0.25, -0.2) is 4.98 Å². The third kappa shape index (κ3) is 4.96. The highest BCUT2D eigenvalue weighted by atomic mass is 19.4. The second-order valence-corrected chi connectivity index (χ2v) is 8.46. The van der Waals surface area contributed by atoms with Crippen LogP contribution < -0.4 is 5.32 Å². The van der Waals surface area contributed by atoms with Crippen molar-refractivity contribution in [2.45, 2.75) is 46.8 Å². The van der Waals surface area contributed by atoms with Crippen LogP contribution in [0.15, 0.2) is 42.6 Å². The van der Waals surface area contributed by atoms with Crippen LogP contribution in [-0.4, -0.2) is 15.5 Å². The maximum absolute atomic E-state index is 13.6. The first-order valence-electron chi connectivity index (χ1n) is 9.35. The van der Waals surface area contributed by atoms with Gasteiger partial charge < -0.3 is 9.88 Å². The van der Waals surface area contributed by atoms with Gasteiger partial charge in [0.05, 0.1) is 11.1 Å². The number of aromatic nitrogens is 2. The van der Waals surface area contributed by atoms with Crippen LogP contribution in [0, 0.1) is 12.3 Å². The van der Waals surface area contributed by atoms with Crippen molar-refractivity contribution in [2.75, 3.05) is 5.32 Å². The summed E-state index contributed by atoms with van der Waals surface area (Å²) in [6.45, 7) is 7.78. The van der Waals surface area contributed by atoms with E-state index in [1.165, 1.54) is 0 Å². The Balaban J connectivity index is 2.05. The molecule has 2 aromatic heterocycles. The van der Waals surface area contributed by atoms with Gasteiger partial charge in [-0.2, -0.15) is 13.2 Å². The molecule has 0 unspecified atom stereocenters. The summed E-state index contributed by atoms with van der Waals surface area (Å²) in [6.07, 6.45) is -3.21. The number of amides is 1. The number of aryl methyl sites for hydroxylation is 1. The number of carbonyl (C=O) groups is 1. The molecule has 3 rings (SSSR count). The summed E-state index contributed by atoms with van der Waals surface area (Å²) in [5.41, 5.74) is 0.671. The molecule has 0 fully saturated rings. The van der Waals surface area contributed by atoms with Crippen LogP contribution >= 0.6 is 0 Å². The summed E-state index contributed by atoms with van der Waals surface area (Å²) in [6, 6.07) is 10.9. The van der Waals surface area contributed by atoms with Crippen molar-refractivity contribution in [3.63, 3.8) is 0 Å². The lowest BCUT2D eigenvalue weighted by Crippen LogP contribution is -2.20. The van der Waals surface area contributed by atoms with E-state index >= 15 is 0 Å². The van der Waals surface area contributed by atoms with Crippen LogP contribution in [-0.2, 0) is 17.5 Å². The minimum atomic E-state index is -4.55. The fraction of sp³-hybridized carbons (Fsp3) is 0.364. The lowest BCUT2D eigenvalue weighted by molar-refractivity contribution is -0.136. The highest BCUT2D eigenvalue weighted by molar-refractivity contribution is 5.93. The Labute approximate surface area is 167 Å². The molecule has 0 saturated heterocycles. The zero-order valence-corrected chi connectivity index (χ0v) is 16.9. The quantitative estimate of drug-likeness (QED) is 0.600. The number of anilines is 1. The minimum absolute atomic E-state index is 0.162. The number of pyridine rings is 1. The van der Waals surface area contributed by atoms with Gasteiger partial charge in [0.15, 0.2) is 0 Å². The number of benzene rings is 1. The van der Waals surface area contributed by atoms with Crippen molar-refractivity contribution in [1.82, 2.24) is 9.55 Å². The molecule has 0 aliphatic heterocycles. The molecule has 1 aromatic carbocycles. The fourth-order valence-electron chi connectivity index (χ4n) is 3.21. The largest absolute Gasteiger partial charge is 0.419 e. The van der Waals surface area contributed by atoms with Crippen molar-refractivity contribution in [3.8, 4) is 0 Å². The first kappa shape index (κ1) is 20.9. The summed E-state index contributed by atoms with van der Waals surface area (Å²) >= 11 is 0. The fourth-order valence-corrected chi connectivity index (χ4v) is 3.21. The molecular formula is C22H24F3N3O. The zero-order chi connectivity index (χ0) is 21.4. The van der Waals surface area contributed by atoms with E-state index in [1.54, 1.807) is 17.6 Å². The van der Waals surface area contributed by atoms with E-state index in [9.17, 15) is 18.0 Å². The number of halogens is 3. The molecule has 1 N–H and O–H groups in total. The van der Waals surface area contributed by atoms with E-state index in [2.05, 4.69) is 10.3 Å². The molecule has 0 radical (unpaired) electrons. The number of hydrogen-bond donors (Lipinski definition) is 1. The lowest BCUT2D eigenvalue weighted by Gasteiger charge is -2.17. The number of hydrogen-bond acceptors (Lipinski definition) is 2. The van der Waals surface area contributed by atoms with E-state index in [0.29, 0.717) is 17.6 Å². The maximum Gasteiger partial charge on any atom is 0.419 e. The van der Waals surface area contributed by atoms with Crippen molar-refractivity contribution >= 4 is 22.8 Å². The monoisotopic (exact) mass is 403 g/mol. The predicted molar refractivity (Wildman–Crippen MR) is 108 cm³/mol. The second kappa shape index (κ2) is 7.54. The number of rotatable bonds is 4. The van der Waals surface area contributed by atoms with Gasteiger partial charge in [-0.3, -0.25) is 4.79 Å². The molecule has 7 heteroatoms. The zero-order valence-electron chi connectivity index (χ0n) is 16.9. The second-order valence-electron chi connectivity index (χ2n) is 8.46. The Bertz CT molecular complexity index is 1030. The SMILES string of the molecule is Cc1cc2c(nc1NC(=O)CC(C)(C)C)c(C(F)(F)F)cn2Cc1ccccc1. The summed E-state index contributed by atoms with van der Waals surface area (Å²) in [5, 5.41) is 2.67. The molecule has 29 heavy (non-hydrogen) atoms. The smallest absolute Gasteiger partial charge is 0.341 e.